The molecule has 0 aliphatic rings. The number of alkyl halides is 3. The number of hydrogen-bond donors (Lipinski definition) is 3. The second-order valence-corrected chi connectivity index (χ2v) is 4.24. The summed E-state index contributed by atoms with van der Waals surface area (Å²) in [5.74, 6) is 0. The molecular formula is C10H21F3N2O. The normalized spacial score (nSPS) is 16.1. The van der Waals surface area contributed by atoms with Gasteiger partial charge in [0.1, 0.15) is 0 Å². The number of aliphatic hydroxyl groups excluding tert-OH is 1. The lowest BCUT2D eigenvalue weighted by atomic mass is 9.94. The number of hydrogen-bond acceptors (Lipinski definition) is 3. The van der Waals surface area contributed by atoms with Crippen molar-refractivity contribution in [3.05, 3.63) is 0 Å². The number of rotatable bonds is 8. The Morgan fingerprint density at radius 1 is 1.19 bits per heavy atom. The molecule has 4 N–H and O–H groups in total. The molecule has 0 amide bonds. The van der Waals surface area contributed by atoms with E-state index in [0.717, 1.165) is 0 Å². The lowest BCUT2D eigenvalue weighted by Gasteiger charge is -2.29. The van der Waals surface area contributed by atoms with Crippen molar-refractivity contribution in [3.8, 4) is 0 Å². The molecule has 16 heavy (non-hydrogen) atoms. The zero-order valence-electron chi connectivity index (χ0n) is 9.61. The van der Waals surface area contributed by atoms with E-state index in [1.54, 1.807) is 6.92 Å². The summed E-state index contributed by atoms with van der Waals surface area (Å²) in [7, 11) is 0. The quantitative estimate of drug-likeness (QED) is 0.564. The fourth-order valence-corrected chi connectivity index (χ4v) is 1.41. The molecule has 0 spiro atoms. The van der Waals surface area contributed by atoms with E-state index in [9.17, 15) is 13.2 Å². The highest BCUT2D eigenvalue weighted by atomic mass is 19.4. The maximum Gasteiger partial charge on any atom is 0.389 e. The van der Waals surface area contributed by atoms with Crippen molar-refractivity contribution in [2.24, 2.45) is 5.73 Å². The molecule has 0 bridgehead atoms. The third-order valence-corrected chi connectivity index (χ3v) is 2.53. The Bertz CT molecular complexity index is 187. The van der Waals surface area contributed by atoms with Gasteiger partial charge in [-0.25, -0.2) is 0 Å². The Hall–Kier alpha value is -0.330. The molecular weight excluding hydrogens is 221 g/mol. The standard InChI is InChI=1S/C10H21F3N2O/c1-9(8-14,15-6-3-7-16)4-2-5-10(11,12)13/h15-16H,2-8,14H2,1H3. The highest BCUT2D eigenvalue weighted by Gasteiger charge is 2.29. The minimum atomic E-state index is -4.10. The highest BCUT2D eigenvalue weighted by Crippen LogP contribution is 2.24. The summed E-state index contributed by atoms with van der Waals surface area (Å²) in [6.45, 7) is 2.73. The summed E-state index contributed by atoms with van der Waals surface area (Å²) in [5.41, 5.74) is 5.06. The Kier molecular flexibility index (Phi) is 6.94. The minimum Gasteiger partial charge on any atom is -0.396 e. The maximum absolute atomic E-state index is 12.0. The molecule has 0 fully saturated rings. The van der Waals surface area contributed by atoms with E-state index in [2.05, 4.69) is 5.32 Å². The molecule has 0 saturated heterocycles. The Morgan fingerprint density at radius 2 is 1.81 bits per heavy atom. The van der Waals surface area contributed by atoms with Crippen molar-refractivity contribution in [2.45, 2.75) is 44.3 Å². The van der Waals surface area contributed by atoms with Crippen molar-refractivity contribution in [2.75, 3.05) is 19.7 Å². The first-order valence-electron chi connectivity index (χ1n) is 5.46. The minimum absolute atomic E-state index is 0.0657. The molecule has 1 unspecified atom stereocenters. The van der Waals surface area contributed by atoms with Crippen LogP contribution in [-0.4, -0.2) is 36.5 Å². The summed E-state index contributed by atoms with van der Waals surface area (Å²) >= 11 is 0. The van der Waals surface area contributed by atoms with Crippen LogP contribution < -0.4 is 11.1 Å². The van der Waals surface area contributed by atoms with E-state index in [4.69, 9.17) is 10.8 Å². The summed E-state index contributed by atoms with van der Waals surface area (Å²) < 4.78 is 35.9. The first kappa shape index (κ1) is 15.7. The van der Waals surface area contributed by atoms with Gasteiger partial charge in [-0.05, 0) is 32.7 Å². The van der Waals surface area contributed by atoms with Crippen molar-refractivity contribution in [1.29, 1.82) is 0 Å². The predicted octanol–water partition coefficient (Wildman–Crippen LogP) is 1.41. The van der Waals surface area contributed by atoms with Crippen molar-refractivity contribution >= 4 is 0 Å². The van der Waals surface area contributed by atoms with E-state index >= 15 is 0 Å². The van der Waals surface area contributed by atoms with Crippen LogP contribution in [0.4, 0.5) is 13.2 Å². The zero-order valence-corrected chi connectivity index (χ0v) is 9.61. The lowest BCUT2D eigenvalue weighted by Crippen LogP contribution is -2.49. The van der Waals surface area contributed by atoms with Crippen LogP contribution in [0.1, 0.15) is 32.6 Å². The number of halogens is 3. The molecule has 0 aliphatic heterocycles. The Labute approximate surface area is 94.2 Å². The second kappa shape index (κ2) is 7.09. The van der Waals surface area contributed by atoms with Crippen LogP contribution in [0.2, 0.25) is 0 Å². The number of nitrogens with one attached hydrogen (secondary N) is 1. The van der Waals surface area contributed by atoms with Gasteiger partial charge in [0.05, 0.1) is 0 Å². The third kappa shape index (κ3) is 7.90. The molecule has 0 radical (unpaired) electrons. The number of nitrogens with two attached hydrogens (primary N) is 1. The van der Waals surface area contributed by atoms with Gasteiger partial charge in [0.2, 0.25) is 0 Å². The summed E-state index contributed by atoms with van der Waals surface area (Å²) in [5, 5.41) is 11.7. The van der Waals surface area contributed by atoms with Crippen molar-refractivity contribution < 1.29 is 18.3 Å². The van der Waals surface area contributed by atoms with Crippen LogP contribution in [0, 0.1) is 0 Å². The summed E-state index contributed by atoms with van der Waals surface area (Å²) in [6.07, 6.45) is -3.84. The number of aliphatic hydroxyl groups is 1. The maximum atomic E-state index is 12.0. The van der Waals surface area contributed by atoms with E-state index < -0.39 is 18.1 Å². The molecule has 0 rings (SSSR count). The van der Waals surface area contributed by atoms with Gasteiger partial charge in [0.25, 0.3) is 0 Å². The van der Waals surface area contributed by atoms with Gasteiger partial charge in [-0.3, -0.25) is 0 Å². The van der Waals surface area contributed by atoms with Crippen LogP contribution in [-0.2, 0) is 0 Å². The van der Waals surface area contributed by atoms with Gasteiger partial charge in [-0.1, -0.05) is 0 Å². The van der Waals surface area contributed by atoms with Crippen LogP contribution in [0.25, 0.3) is 0 Å². The molecule has 0 aliphatic carbocycles. The van der Waals surface area contributed by atoms with Gasteiger partial charge in [0, 0.05) is 25.1 Å². The average molecular weight is 242 g/mol. The van der Waals surface area contributed by atoms with E-state index in [1.807, 2.05) is 0 Å². The van der Waals surface area contributed by atoms with Gasteiger partial charge in [-0.15, -0.1) is 0 Å². The molecule has 0 aromatic carbocycles. The molecule has 0 heterocycles. The fourth-order valence-electron chi connectivity index (χ4n) is 1.41. The average Bonchev–Trinajstić information content (AvgIpc) is 2.16. The Balaban J connectivity index is 3.87. The predicted molar refractivity (Wildman–Crippen MR) is 57.1 cm³/mol. The van der Waals surface area contributed by atoms with Gasteiger partial charge in [-0.2, -0.15) is 13.2 Å². The van der Waals surface area contributed by atoms with E-state index in [-0.39, 0.29) is 19.6 Å². The molecule has 6 heteroatoms. The zero-order chi connectivity index (χ0) is 12.7. The molecule has 1 atom stereocenters. The van der Waals surface area contributed by atoms with Crippen molar-refractivity contribution in [3.63, 3.8) is 0 Å². The molecule has 98 valence electrons. The van der Waals surface area contributed by atoms with E-state index in [0.29, 0.717) is 19.4 Å². The summed E-state index contributed by atoms with van der Waals surface area (Å²) in [4.78, 5) is 0. The van der Waals surface area contributed by atoms with Gasteiger partial charge < -0.3 is 16.2 Å². The lowest BCUT2D eigenvalue weighted by molar-refractivity contribution is -0.136. The van der Waals surface area contributed by atoms with Crippen LogP contribution in [0.15, 0.2) is 0 Å². The van der Waals surface area contributed by atoms with Gasteiger partial charge in [0.15, 0.2) is 0 Å². The molecule has 0 saturated carbocycles. The smallest absolute Gasteiger partial charge is 0.389 e. The molecule has 0 aromatic heterocycles. The SMILES string of the molecule is CC(CN)(CCCC(F)(F)F)NCCCO. The van der Waals surface area contributed by atoms with Crippen LogP contribution in [0.5, 0.6) is 0 Å². The molecule has 3 nitrogen and oxygen atoms in total. The van der Waals surface area contributed by atoms with Crippen molar-refractivity contribution in [1.82, 2.24) is 5.32 Å². The monoisotopic (exact) mass is 242 g/mol. The fraction of sp³-hybridized carbons (Fsp3) is 1.00. The Morgan fingerprint density at radius 3 is 2.25 bits per heavy atom. The van der Waals surface area contributed by atoms with Crippen LogP contribution in [0.3, 0.4) is 0 Å². The van der Waals surface area contributed by atoms with Crippen LogP contribution >= 0.6 is 0 Å². The molecule has 0 aromatic rings. The van der Waals surface area contributed by atoms with Gasteiger partial charge >= 0.3 is 6.18 Å². The second-order valence-electron chi connectivity index (χ2n) is 4.24. The third-order valence-electron chi connectivity index (χ3n) is 2.53. The summed E-state index contributed by atoms with van der Waals surface area (Å²) in [6, 6.07) is 0. The first-order chi connectivity index (χ1) is 7.33. The topological polar surface area (TPSA) is 58.3 Å². The largest absolute Gasteiger partial charge is 0.396 e. The van der Waals surface area contributed by atoms with E-state index in [1.165, 1.54) is 0 Å². The first-order valence-corrected chi connectivity index (χ1v) is 5.46. The highest BCUT2D eigenvalue weighted by molar-refractivity contribution is 4.84.